The minimum atomic E-state index is -0.656. The molecular formula is C23H19Cl3N2O3S. The van der Waals surface area contributed by atoms with Gasteiger partial charge in [-0.05, 0) is 54.1 Å². The predicted molar refractivity (Wildman–Crippen MR) is 132 cm³/mol. The molecule has 0 saturated heterocycles. The maximum absolute atomic E-state index is 12.4. The fourth-order valence-electron chi connectivity index (χ4n) is 2.79. The third-order valence-corrected chi connectivity index (χ3v) is 6.13. The molecule has 0 unspecified atom stereocenters. The molecule has 0 fully saturated rings. The van der Waals surface area contributed by atoms with Gasteiger partial charge in [0.15, 0.2) is 0 Å². The first-order valence-electron chi connectivity index (χ1n) is 9.44. The van der Waals surface area contributed by atoms with Crippen molar-refractivity contribution in [1.82, 2.24) is 0 Å². The van der Waals surface area contributed by atoms with Gasteiger partial charge >= 0.3 is 5.97 Å². The molecule has 0 atom stereocenters. The third-order valence-electron chi connectivity index (χ3n) is 4.35. The number of carbonyl (C=O) groups is 2. The van der Waals surface area contributed by atoms with Gasteiger partial charge in [0, 0.05) is 27.2 Å². The molecule has 5 nitrogen and oxygen atoms in total. The molecule has 0 radical (unpaired) electrons. The number of esters is 1. The van der Waals surface area contributed by atoms with E-state index in [0.29, 0.717) is 16.6 Å². The number of thioether (sulfide) groups is 1. The van der Waals surface area contributed by atoms with Crippen molar-refractivity contribution in [3.8, 4) is 0 Å². The Morgan fingerprint density at radius 1 is 0.938 bits per heavy atom. The maximum Gasteiger partial charge on any atom is 0.341 e. The lowest BCUT2D eigenvalue weighted by atomic mass is 10.1. The van der Waals surface area contributed by atoms with Gasteiger partial charge in [0.2, 0.25) is 5.91 Å². The number of anilines is 2. The van der Waals surface area contributed by atoms with E-state index in [0.717, 1.165) is 16.1 Å². The summed E-state index contributed by atoms with van der Waals surface area (Å²) < 4.78 is 4.74. The van der Waals surface area contributed by atoms with Gasteiger partial charge in [-0.2, -0.15) is 0 Å². The zero-order valence-corrected chi connectivity index (χ0v) is 20.0. The number of ether oxygens (including phenoxy) is 1. The number of nitrogens with one attached hydrogen (secondary N) is 2. The second-order valence-electron chi connectivity index (χ2n) is 6.64. The summed E-state index contributed by atoms with van der Waals surface area (Å²) >= 11 is 19.4. The first-order valence-corrected chi connectivity index (χ1v) is 11.6. The maximum atomic E-state index is 12.4. The molecule has 1 amide bonds. The monoisotopic (exact) mass is 508 g/mol. The Morgan fingerprint density at radius 2 is 1.62 bits per heavy atom. The second-order valence-corrected chi connectivity index (χ2v) is 8.97. The normalized spacial score (nSPS) is 10.5. The van der Waals surface area contributed by atoms with Gasteiger partial charge in [0.1, 0.15) is 5.56 Å². The van der Waals surface area contributed by atoms with Gasteiger partial charge < -0.3 is 15.4 Å². The summed E-state index contributed by atoms with van der Waals surface area (Å²) in [5.41, 5.74) is 2.36. The molecule has 2 N–H and O–H groups in total. The Kier molecular flexibility index (Phi) is 8.70. The van der Waals surface area contributed by atoms with Crippen molar-refractivity contribution >= 4 is 69.8 Å². The topological polar surface area (TPSA) is 67.4 Å². The SMILES string of the molecule is COC(=O)c1c(Cl)cc(Cl)cc1NC(=O)CSc1ccc(NCc2ccc(Cl)cc2)cc1. The van der Waals surface area contributed by atoms with E-state index in [-0.39, 0.29) is 27.9 Å². The van der Waals surface area contributed by atoms with Crippen LogP contribution in [0.25, 0.3) is 0 Å². The number of methoxy groups -OCH3 is 1. The first kappa shape index (κ1) is 24.3. The number of amides is 1. The Morgan fingerprint density at radius 3 is 2.28 bits per heavy atom. The standard InChI is InChI=1S/C23H19Cl3N2O3S/c1-31-23(30)22-19(26)10-16(25)11-20(22)28-21(29)13-32-18-8-6-17(7-9-18)27-12-14-2-4-15(24)5-3-14/h2-11,27H,12-13H2,1H3,(H,28,29). The average molecular weight is 510 g/mol. The lowest BCUT2D eigenvalue weighted by molar-refractivity contribution is -0.113. The minimum absolute atomic E-state index is 0.0630. The van der Waals surface area contributed by atoms with Crippen LogP contribution in [0.15, 0.2) is 65.6 Å². The molecule has 0 aliphatic rings. The van der Waals surface area contributed by atoms with E-state index in [1.165, 1.54) is 31.0 Å². The number of hydrogen-bond donors (Lipinski definition) is 2. The quantitative estimate of drug-likeness (QED) is 0.259. The number of benzene rings is 3. The van der Waals surface area contributed by atoms with Crippen LogP contribution in [0.1, 0.15) is 15.9 Å². The fraction of sp³-hybridized carbons (Fsp3) is 0.130. The number of halogens is 3. The van der Waals surface area contributed by atoms with E-state index in [4.69, 9.17) is 39.5 Å². The molecule has 0 aromatic heterocycles. The number of carbonyl (C=O) groups excluding carboxylic acids is 2. The van der Waals surface area contributed by atoms with Crippen LogP contribution < -0.4 is 10.6 Å². The Labute approximate surface area is 205 Å². The van der Waals surface area contributed by atoms with Crippen molar-refractivity contribution in [3.63, 3.8) is 0 Å². The predicted octanol–water partition coefficient (Wildman–Crippen LogP) is 6.78. The van der Waals surface area contributed by atoms with E-state index in [1.807, 2.05) is 48.5 Å². The zero-order chi connectivity index (χ0) is 23.1. The van der Waals surface area contributed by atoms with Gasteiger partial charge in [-0.1, -0.05) is 46.9 Å². The van der Waals surface area contributed by atoms with Gasteiger partial charge in [0.05, 0.1) is 23.6 Å². The largest absolute Gasteiger partial charge is 0.465 e. The van der Waals surface area contributed by atoms with E-state index < -0.39 is 5.97 Å². The van der Waals surface area contributed by atoms with Gasteiger partial charge in [-0.3, -0.25) is 4.79 Å². The molecule has 0 spiro atoms. The molecule has 0 bridgehead atoms. The Hall–Kier alpha value is -2.38. The van der Waals surface area contributed by atoms with Crippen molar-refractivity contribution in [2.45, 2.75) is 11.4 Å². The van der Waals surface area contributed by atoms with E-state index in [2.05, 4.69) is 10.6 Å². The molecular weight excluding hydrogens is 491 g/mol. The molecule has 3 rings (SSSR count). The average Bonchev–Trinajstić information content (AvgIpc) is 2.77. The lowest BCUT2D eigenvalue weighted by Gasteiger charge is -2.12. The highest BCUT2D eigenvalue weighted by atomic mass is 35.5. The van der Waals surface area contributed by atoms with E-state index >= 15 is 0 Å². The summed E-state index contributed by atoms with van der Waals surface area (Å²) in [4.78, 5) is 25.4. The van der Waals surface area contributed by atoms with Crippen LogP contribution in [-0.4, -0.2) is 24.7 Å². The highest BCUT2D eigenvalue weighted by Gasteiger charge is 2.19. The van der Waals surface area contributed by atoms with Crippen molar-refractivity contribution in [2.24, 2.45) is 0 Å². The third kappa shape index (κ3) is 6.81. The summed E-state index contributed by atoms with van der Waals surface area (Å²) in [6.45, 7) is 0.677. The van der Waals surface area contributed by atoms with Crippen LogP contribution in [0, 0.1) is 0 Å². The van der Waals surface area contributed by atoms with Crippen molar-refractivity contribution in [1.29, 1.82) is 0 Å². The van der Waals surface area contributed by atoms with E-state index in [9.17, 15) is 9.59 Å². The van der Waals surface area contributed by atoms with Crippen LogP contribution >= 0.6 is 46.6 Å². The molecule has 3 aromatic carbocycles. The molecule has 166 valence electrons. The van der Waals surface area contributed by atoms with Crippen molar-refractivity contribution in [3.05, 3.63) is 86.9 Å². The molecule has 0 saturated carbocycles. The summed E-state index contributed by atoms with van der Waals surface area (Å²) in [5, 5.41) is 7.13. The summed E-state index contributed by atoms with van der Waals surface area (Å²) in [6, 6.07) is 18.3. The van der Waals surface area contributed by atoms with Crippen LogP contribution in [0.3, 0.4) is 0 Å². The molecule has 0 aliphatic heterocycles. The second kappa shape index (κ2) is 11.5. The Balaban J connectivity index is 1.55. The van der Waals surface area contributed by atoms with E-state index in [1.54, 1.807) is 0 Å². The Bertz CT molecular complexity index is 1110. The van der Waals surface area contributed by atoms with Gasteiger partial charge in [-0.15, -0.1) is 11.8 Å². The lowest BCUT2D eigenvalue weighted by Crippen LogP contribution is -2.17. The summed E-state index contributed by atoms with van der Waals surface area (Å²) in [5.74, 6) is -0.817. The number of hydrogen-bond acceptors (Lipinski definition) is 5. The van der Waals surface area contributed by atoms with Crippen LogP contribution in [0.2, 0.25) is 15.1 Å². The fourth-order valence-corrected chi connectivity index (χ4v) is 4.19. The van der Waals surface area contributed by atoms with Gasteiger partial charge in [-0.25, -0.2) is 4.79 Å². The van der Waals surface area contributed by atoms with Crippen LogP contribution in [0.5, 0.6) is 0 Å². The summed E-state index contributed by atoms with van der Waals surface area (Å²) in [7, 11) is 1.24. The molecule has 9 heteroatoms. The van der Waals surface area contributed by atoms with Crippen molar-refractivity contribution < 1.29 is 14.3 Å². The van der Waals surface area contributed by atoms with Gasteiger partial charge in [0.25, 0.3) is 0 Å². The highest BCUT2D eigenvalue weighted by Crippen LogP contribution is 2.30. The van der Waals surface area contributed by atoms with Crippen LogP contribution in [0.4, 0.5) is 11.4 Å². The smallest absolute Gasteiger partial charge is 0.341 e. The molecule has 0 aliphatic carbocycles. The molecule has 3 aromatic rings. The van der Waals surface area contributed by atoms with Crippen LogP contribution in [-0.2, 0) is 16.1 Å². The van der Waals surface area contributed by atoms with Crippen molar-refractivity contribution in [2.75, 3.05) is 23.5 Å². The zero-order valence-electron chi connectivity index (χ0n) is 17.0. The first-order chi connectivity index (χ1) is 15.4. The highest BCUT2D eigenvalue weighted by molar-refractivity contribution is 8.00. The molecule has 32 heavy (non-hydrogen) atoms. The number of rotatable bonds is 8. The molecule has 0 heterocycles. The minimum Gasteiger partial charge on any atom is -0.465 e. The summed E-state index contributed by atoms with van der Waals surface area (Å²) in [6.07, 6.45) is 0.